The highest BCUT2D eigenvalue weighted by atomic mass is 15.1. The SMILES string of the molecule is CC1CC1C1(C)NCCc2[nH]cnc21. The summed E-state index contributed by atoms with van der Waals surface area (Å²) in [6.45, 7) is 5.72. The Balaban J connectivity index is 2.02. The van der Waals surface area contributed by atoms with Gasteiger partial charge in [0.05, 0.1) is 17.6 Å². The molecule has 3 atom stereocenters. The van der Waals surface area contributed by atoms with Crippen LogP contribution in [0.4, 0.5) is 0 Å². The highest BCUT2D eigenvalue weighted by Gasteiger charge is 2.51. The van der Waals surface area contributed by atoms with E-state index in [9.17, 15) is 0 Å². The minimum absolute atomic E-state index is 0.132. The zero-order chi connectivity index (χ0) is 9.76. The Hall–Kier alpha value is -0.830. The lowest BCUT2D eigenvalue weighted by atomic mass is 9.86. The highest BCUT2D eigenvalue weighted by Crippen LogP contribution is 2.51. The second-order valence-corrected chi connectivity index (χ2v) is 4.93. The first kappa shape index (κ1) is 8.48. The molecular formula is C11H17N3. The molecule has 1 aromatic heterocycles. The smallest absolute Gasteiger partial charge is 0.0926 e. The predicted octanol–water partition coefficient (Wildman–Crippen LogP) is 1.43. The summed E-state index contributed by atoms with van der Waals surface area (Å²) in [5, 5.41) is 3.65. The summed E-state index contributed by atoms with van der Waals surface area (Å²) in [5.41, 5.74) is 2.73. The van der Waals surface area contributed by atoms with Crippen LogP contribution in [-0.2, 0) is 12.0 Å². The van der Waals surface area contributed by atoms with Crippen molar-refractivity contribution in [3.63, 3.8) is 0 Å². The van der Waals surface area contributed by atoms with E-state index in [1.54, 1.807) is 0 Å². The molecule has 0 spiro atoms. The molecular weight excluding hydrogens is 174 g/mol. The molecule has 1 aromatic rings. The van der Waals surface area contributed by atoms with Gasteiger partial charge in [0.2, 0.25) is 0 Å². The van der Waals surface area contributed by atoms with Crippen molar-refractivity contribution in [3.8, 4) is 0 Å². The minimum Gasteiger partial charge on any atom is -0.348 e. The topological polar surface area (TPSA) is 40.7 Å². The molecule has 0 aromatic carbocycles. The van der Waals surface area contributed by atoms with Crippen LogP contribution in [0.1, 0.15) is 31.7 Å². The average molecular weight is 191 g/mol. The van der Waals surface area contributed by atoms with E-state index in [0.29, 0.717) is 0 Å². The average Bonchev–Trinajstić information content (AvgIpc) is 2.73. The van der Waals surface area contributed by atoms with Gasteiger partial charge in [0.1, 0.15) is 0 Å². The lowest BCUT2D eigenvalue weighted by Crippen LogP contribution is -2.47. The normalized spacial score (nSPS) is 40.7. The number of nitrogens with zero attached hydrogens (tertiary/aromatic N) is 1. The summed E-state index contributed by atoms with van der Waals surface area (Å²) >= 11 is 0. The van der Waals surface area contributed by atoms with Gasteiger partial charge in [0, 0.05) is 18.7 Å². The van der Waals surface area contributed by atoms with Crippen molar-refractivity contribution in [1.82, 2.24) is 15.3 Å². The molecule has 0 radical (unpaired) electrons. The van der Waals surface area contributed by atoms with Crippen LogP contribution in [0.15, 0.2) is 6.33 Å². The van der Waals surface area contributed by atoms with Gasteiger partial charge in [-0.15, -0.1) is 0 Å². The van der Waals surface area contributed by atoms with E-state index in [-0.39, 0.29) is 5.54 Å². The summed E-state index contributed by atoms with van der Waals surface area (Å²) in [5.74, 6) is 1.64. The number of fused-ring (bicyclic) bond motifs is 1. The van der Waals surface area contributed by atoms with E-state index in [4.69, 9.17) is 0 Å². The zero-order valence-electron chi connectivity index (χ0n) is 8.80. The standard InChI is InChI=1S/C11H17N3/c1-7-5-8(7)11(2)10-9(3-4-14-11)12-6-13-10/h6-8,14H,3-5H2,1-2H3,(H,12,13). The van der Waals surface area contributed by atoms with Crippen molar-refractivity contribution in [2.75, 3.05) is 6.54 Å². The molecule has 3 rings (SSSR count). The Bertz CT molecular complexity index is 357. The van der Waals surface area contributed by atoms with Gasteiger partial charge in [-0.05, 0) is 25.2 Å². The number of imidazole rings is 1. The van der Waals surface area contributed by atoms with Crippen LogP contribution < -0.4 is 5.32 Å². The van der Waals surface area contributed by atoms with Crippen molar-refractivity contribution >= 4 is 0 Å². The second kappa shape index (κ2) is 2.60. The number of hydrogen-bond donors (Lipinski definition) is 2. The van der Waals surface area contributed by atoms with E-state index in [1.807, 2.05) is 6.33 Å². The maximum Gasteiger partial charge on any atom is 0.0926 e. The maximum absolute atomic E-state index is 4.49. The molecule has 1 aliphatic heterocycles. The van der Waals surface area contributed by atoms with Gasteiger partial charge in [-0.3, -0.25) is 0 Å². The second-order valence-electron chi connectivity index (χ2n) is 4.93. The number of rotatable bonds is 1. The van der Waals surface area contributed by atoms with E-state index < -0.39 is 0 Å². The Morgan fingerprint density at radius 2 is 2.36 bits per heavy atom. The molecule has 3 unspecified atom stereocenters. The first-order valence-corrected chi connectivity index (χ1v) is 5.49. The molecule has 2 aliphatic rings. The van der Waals surface area contributed by atoms with Crippen LogP contribution in [0.25, 0.3) is 0 Å². The van der Waals surface area contributed by atoms with Gasteiger partial charge in [-0.1, -0.05) is 6.92 Å². The number of H-pyrrole nitrogens is 1. The third-order valence-corrected chi connectivity index (χ3v) is 3.93. The molecule has 2 heterocycles. The largest absolute Gasteiger partial charge is 0.348 e. The molecule has 0 saturated heterocycles. The van der Waals surface area contributed by atoms with E-state index in [2.05, 4.69) is 29.1 Å². The van der Waals surface area contributed by atoms with Crippen molar-refractivity contribution in [2.45, 2.75) is 32.2 Å². The molecule has 1 saturated carbocycles. The lowest BCUT2D eigenvalue weighted by molar-refractivity contribution is 0.282. The van der Waals surface area contributed by atoms with Crippen molar-refractivity contribution in [2.24, 2.45) is 11.8 Å². The highest BCUT2D eigenvalue weighted by molar-refractivity contribution is 5.27. The Kier molecular flexibility index (Phi) is 1.57. The van der Waals surface area contributed by atoms with Gasteiger partial charge < -0.3 is 10.3 Å². The monoisotopic (exact) mass is 191 g/mol. The summed E-state index contributed by atoms with van der Waals surface area (Å²) in [7, 11) is 0. The molecule has 3 nitrogen and oxygen atoms in total. The maximum atomic E-state index is 4.49. The molecule has 0 amide bonds. The number of hydrogen-bond acceptors (Lipinski definition) is 2. The Morgan fingerprint density at radius 3 is 3.07 bits per heavy atom. The molecule has 3 heteroatoms. The number of aromatic nitrogens is 2. The molecule has 1 fully saturated rings. The van der Waals surface area contributed by atoms with Gasteiger partial charge in [-0.25, -0.2) is 4.98 Å². The zero-order valence-corrected chi connectivity index (χ0v) is 8.80. The number of aromatic amines is 1. The fraction of sp³-hybridized carbons (Fsp3) is 0.727. The first-order chi connectivity index (χ1) is 6.72. The van der Waals surface area contributed by atoms with E-state index in [0.717, 1.165) is 24.8 Å². The van der Waals surface area contributed by atoms with Crippen LogP contribution in [0.5, 0.6) is 0 Å². The first-order valence-electron chi connectivity index (χ1n) is 5.49. The third-order valence-electron chi connectivity index (χ3n) is 3.93. The van der Waals surface area contributed by atoms with Crippen LogP contribution in [0, 0.1) is 11.8 Å². The van der Waals surface area contributed by atoms with Crippen LogP contribution in [0.3, 0.4) is 0 Å². The van der Waals surface area contributed by atoms with Gasteiger partial charge in [0.15, 0.2) is 0 Å². The van der Waals surface area contributed by atoms with Gasteiger partial charge >= 0.3 is 0 Å². The fourth-order valence-corrected chi connectivity index (χ4v) is 2.92. The Morgan fingerprint density at radius 1 is 1.57 bits per heavy atom. The van der Waals surface area contributed by atoms with Crippen molar-refractivity contribution in [1.29, 1.82) is 0 Å². The summed E-state index contributed by atoms with van der Waals surface area (Å²) in [4.78, 5) is 7.75. The third kappa shape index (κ3) is 0.989. The van der Waals surface area contributed by atoms with E-state index >= 15 is 0 Å². The predicted molar refractivity (Wildman–Crippen MR) is 54.9 cm³/mol. The Labute approximate surface area is 84.3 Å². The summed E-state index contributed by atoms with van der Waals surface area (Å²) in [6.07, 6.45) is 4.27. The summed E-state index contributed by atoms with van der Waals surface area (Å²) in [6, 6.07) is 0. The molecule has 1 aliphatic carbocycles. The molecule has 0 bridgehead atoms. The molecule has 14 heavy (non-hydrogen) atoms. The molecule has 76 valence electrons. The lowest BCUT2D eigenvalue weighted by Gasteiger charge is -2.34. The van der Waals surface area contributed by atoms with Crippen molar-refractivity contribution < 1.29 is 0 Å². The fourth-order valence-electron chi connectivity index (χ4n) is 2.92. The van der Waals surface area contributed by atoms with Gasteiger partial charge in [0.25, 0.3) is 0 Å². The summed E-state index contributed by atoms with van der Waals surface area (Å²) < 4.78 is 0. The van der Waals surface area contributed by atoms with Crippen molar-refractivity contribution in [3.05, 3.63) is 17.7 Å². The number of nitrogens with one attached hydrogen (secondary N) is 2. The minimum atomic E-state index is 0.132. The van der Waals surface area contributed by atoms with Crippen LogP contribution in [0.2, 0.25) is 0 Å². The molecule has 2 N–H and O–H groups in total. The van der Waals surface area contributed by atoms with Gasteiger partial charge in [-0.2, -0.15) is 0 Å². The van der Waals surface area contributed by atoms with E-state index in [1.165, 1.54) is 17.8 Å². The van der Waals surface area contributed by atoms with Crippen LogP contribution >= 0.6 is 0 Å². The quantitative estimate of drug-likeness (QED) is 0.705. The van der Waals surface area contributed by atoms with Crippen LogP contribution in [-0.4, -0.2) is 16.5 Å².